The molecule has 204 valence electrons. The lowest BCUT2D eigenvalue weighted by molar-refractivity contribution is -0.194. The number of hydrogen-bond acceptors (Lipinski definition) is 6. The maximum atomic E-state index is 13.4. The first-order valence-corrected chi connectivity index (χ1v) is 12.6. The maximum absolute atomic E-state index is 13.4. The molecule has 2 aromatic carbocycles. The highest BCUT2D eigenvalue weighted by Gasteiger charge is 2.50. The molecule has 0 fully saturated rings. The topological polar surface area (TPSA) is 88.0 Å². The fourth-order valence-corrected chi connectivity index (χ4v) is 5.47. The summed E-state index contributed by atoms with van der Waals surface area (Å²) < 4.78 is 41.8. The van der Waals surface area contributed by atoms with E-state index in [2.05, 4.69) is 25.7 Å². The van der Waals surface area contributed by atoms with Crippen molar-refractivity contribution in [1.82, 2.24) is 24.6 Å². The fourth-order valence-electron chi connectivity index (χ4n) is 5.47. The predicted molar refractivity (Wildman–Crippen MR) is 144 cm³/mol. The normalized spacial score (nSPS) is 16.7. The van der Waals surface area contributed by atoms with Crippen LogP contribution < -0.4 is 10.6 Å². The second-order valence-electron chi connectivity index (χ2n) is 10.7. The molecule has 3 heterocycles. The molecule has 1 aliphatic rings. The molecule has 0 radical (unpaired) electrons. The van der Waals surface area contributed by atoms with Gasteiger partial charge in [0, 0.05) is 30.2 Å². The Kier molecular flexibility index (Phi) is 6.27. The van der Waals surface area contributed by atoms with E-state index < -0.39 is 23.7 Å². The number of nitrogens with zero attached hydrogens (tertiary/aromatic N) is 5. The van der Waals surface area contributed by atoms with Gasteiger partial charge in [0.15, 0.2) is 11.5 Å². The zero-order chi connectivity index (χ0) is 28.3. The Labute approximate surface area is 224 Å². The van der Waals surface area contributed by atoms with Crippen molar-refractivity contribution in [3.05, 3.63) is 64.8 Å². The molecule has 0 saturated carbocycles. The fraction of sp³-hybridized carbons (Fsp3) is 0.357. The summed E-state index contributed by atoms with van der Waals surface area (Å²) >= 11 is 0. The van der Waals surface area contributed by atoms with Gasteiger partial charge in [-0.05, 0) is 75.4 Å². The Bertz CT molecular complexity index is 1570. The standard InChI is InChI=1S/C28H30F3N7O/c1-15-8-7-9-16(2)22(15)34-23-21-14-32-26(35-24(21)37(6)36-23)33-19-11-10-18-13-27(4,5)38(17(3)20(18)12-19)25(39)28(29,30)31/h7-12,14,17H,13H2,1-6H3,(H,34,36)(H,32,33,35). The average molecular weight is 538 g/mol. The number of hydrogen-bond donors (Lipinski definition) is 2. The van der Waals surface area contributed by atoms with Gasteiger partial charge in [-0.1, -0.05) is 24.3 Å². The van der Waals surface area contributed by atoms with Gasteiger partial charge in [0.25, 0.3) is 0 Å². The van der Waals surface area contributed by atoms with Crippen LogP contribution in [-0.2, 0) is 18.3 Å². The van der Waals surface area contributed by atoms with Crippen LogP contribution >= 0.6 is 0 Å². The van der Waals surface area contributed by atoms with Gasteiger partial charge in [0.05, 0.1) is 11.4 Å². The van der Waals surface area contributed by atoms with Crippen molar-refractivity contribution in [3.8, 4) is 0 Å². The molecule has 0 spiro atoms. The molecule has 1 unspecified atom stereocenters. The molecule has 4 aromatic rings. The summed E-state index contributed by atoms with van der Waals surface area (Å²) in [6.45, 7) is 8.98. The summed E-state index contributed by atoms with van der Waals surface area (Å²) in [5.41, 5.74) is 4.94. The van der Waals surface area contributed by atoms with Crippen LogP contribution in [0.5, 0.6) is 0 Å². The van der Waals surface area contributed by atoms with Crippen molar-refractivity contribution in [1.29, 1.82) is 0 Å². The molecule has 11 heteroatoms. The van der Waals surface area contributed by atoms with E-state index in [1.807, 2.05) is 44.2 Å². The number of aromatic nitrogens is 4. The van der Waals surface area contributed by atoms with Crippen molar-refractivity contribution >= 4 is 40.1 Å². The first kappa shape index (κ1) is 26.5. The molecule has 0 saturated heterocycles. The summed E-state index contributed by atoms with van der Waals surface area (Å²) in [7, 11) is 1.80. The molecule has 5 rings (SSSR count). The van der Waals surface area contributed by atoms with Gasteiger partial charge in [0.2, 0.25) is 5.95 Å². The van der Waals surface area contributed by atoms with E-state index >= 15 is 0 Å². The number of anilines is 4. The third-order valence-electron chi connectivity index (χ3n) is 7.28. The molecular formula is C28H30F3N7O. The molecule has 39 heavy (non-hydrogen) atoms. The summed E-state index contributed by atoms with van der Waals surface area (Å²) in [5.74, 6) is -0.883. The molecule has 2 aromatic heterocycles. The van der Waals surface area contributed by atoms with E-state index in [0.29, 0.717) is 35.1 Å². The van der Waals surface area contributed by atoms with Crippen LogP contribution in [0.4, 0.5) is 36.3 Å². The second-order valence-corrected chi connectivity index (χ2v) is 10.7. The molecule has 1 amide bonds. The SMILES string of the molecule is Cc1cccc(C)c1Nc1nn(C)c2nc(Nc3ccc4c(c3)C(C)N(C(=O)C(F)(F)F)C(C)(C)C4)ncc12. The summed E-state index contributed by atoms with van der Waals surface area (Å²) in [4.78, 5) is 22.3. The second kappa shape index (κ2) is 9.25. The number of rotatable bonds is 4. The summed E-state index contributed by atoms with van der Waals surface area (Å²) in [6.07, 6.45) is -2.96. The third-order valence-corrected chi connectivity index (χ3v) is 7.28. The van der Waals surface area contributed by atoms with Crippen LogP contribution in [0.1, 0.15) is 49.1 Å². The average Bonchev–Trinajstić information content (AvgIpc) is 3.15. The van der Waals surface area contributed by atoms with E-state index in [-0.39, 0.29) is 0 Å². The highest BCUT2D eigenvalue weighted by molar-refractivity contribution is 5.90. The quantitative estimate of drug-likeness (QED) is 0.320. The van der Waals surface area contributed by atoms with Crippen LogP contribution in [-0.4, -0.2) is 42.3 Å². The van der Waals surface area contributed by atoms with E-state index in [0.717, 1.165) is 32.7 Å². The first-order valence-electron chi connectivity index (χ1n) is 12.6. The van der Waals surface area contributed by atoms with Gasteiger partial charge >= 0.3 is 12.1 Å². The van der Waals surface area contributed by atoms with Crippen LogP contribution in [0.15, 0.2) is 42.6 Å². The Balaban J connectivity index is 1.44. The Morgan fingerprint density at radius 3 is 2.46 bits per heavy atom. The lowest BCUT2D eigenvalue weighted by Gasteiger charge is -2.47. The summed E-state index contributed by atoms with van der Waals surface area (Å²) in [6, 6.07) is 10.8. The minimum Gasteiger partial charge on any atom is -0.338 e. The van der Waals surface area contributed by atoms with Crippen molar-refractivity contribution < 1.29 is 18.0 Å². The molecule has 2 N–H and O–H groups in total. The van der Waals surface area contributed by atoms with Crippen LogP contribution in [0.25, 0.3) is 11.0 Å². The summed E-state index contributed by atoms with van der Waals surface area (Å²) in [5, 5.41) is 11.9. The number of halogens is 3. The first-order chi connectivity index (χ1) is 18.3. The minimum atomic E-state index is -4.95. The van der Waals surface area contributed by atoms with Crippen molar-refractivity contribution in [2.24, 2.45) is 7.05 Å². The monoisotopic (exact) mass is 537 g/mol. The number of alkyl halides is 3. The van der Waals surface area contributed by atoms with Gasteiger partial charge < -0.3 is 15.5 Å². The number of carbonyl (C=O) groups is 1. The number of aryl methyl sites for hydroxylation is 3. The maximum Gasteiger partial charge on any atom is 0.471 e. The van der Waals surface area contributed by atoms with E-state index in [4.69, 9.17) is 0 Å². The molecule has 0 bridgehead atoms. The third kappa shape index (κ3) is 4.77. The number of amides is 1. The molecule has 1 atom stereocenters. The molecular weight excluding hydrogens is 507 g/mol. The van der Waals surface area contributed by atoms with Gasteiger partial charge in [-0.15, -0.1) is 0 Å². The van der Waals surface area contributed by atoms with Gasteiger partial charge in [-0.25, -0.2) is 9.67 Å². The van der Waals surface area contributed by atoms with E-state index in [9.17, 15) is 18.0 Å². The van der Waals surface area contributed by atoms with E-state index in [1.54, 1.807) is 44.8 Å². The lowest BCUT2D eigenvalue weighted by atomic mass is 9.81. The van der Waals surface area contributed by atoms with Crippen LogP contribution in [0.3, 0.4) is 0 Å². The highest BCUT2D eigenvalue weighted by atomic mass is 19.4. The van der Waals surface area contributed by atoms with Crippen LogP contribution in [0.2, 0.25) is 0 Å². The number of benzene rings is 2. The van der Waals surface area contributed by atoms with Crippen LogP contribution in [0, 0.1) is 13.8 Å². The van der Waals surface area contributed by atoms with E-state index in [1.165, 1.54) is 0 Å². The van der Waals surface area contributed by atoms with Gasteiger partial charge in [-0.3, -0.25) is 4.79 Å². The number of fused-ring (bicyclic) bond motifs is 2. The largest absolute Gasteiger partial charge is 0.471 e. The molecule has 0 aliphatic carbocycles. The van der Waals surface area contributed by atoms with Gasteiger partial charge in [-0.2, -0.15) is 23.3 Å². The minimum absolute atomic E-state index is 0.308. The number of nitrogens with one attached hydrogen (secondary N) is 2. The Hall–Kier alpha value is -4.15. The van der Waals surface area contributed by atoms with Crippen molar-refractivity contribution in [3.63, 3.8) is 0 Å². The zero-order valence-electron chi connectivity index (χ0n) is 22.6. The molecule has 1 aliphatic heterocycles. The van der Waals surface area contributed by atoms with Gasteiger partial charge in [0.1, 0.15) is 0 Å². The predicted octanol–water partition coefficient (Wildman–Crippen LogP) is 6.25. The van der Waals surface area contributed by atoms with Crippen molar-refractivity contribution in [2.75, 3.05) is 10.6 Å². The smallest absolute Gasteiger partial charge is 0.338 e. The number of carbonyl (C=O) groups excluding carboxylic acids is 1. The lowest BCUT2D eigenvalue weighted by Crippen LogP contribution is -2.56. The Morgan fingerprint density at radius 2 is 1.79 bits per heavy atom. The molecule has 8 nitrogen and oxygen atoms in total. The number of para-hydroxylation sites is 1. The zero-order valence-corrected chi connectivity index (χ0v) is 22.6. The highest BCUT2D eigenvalue weighted by Crippen LogP contribution is 2.42. The van der Waals surface area contributed by atoms with Crippen molar-refractivity contribution in [2.45, 2.75) is 58.8 Å². The Morgan fingerprint density at radius 1 is 1.10 bits per heavy atom.